The highest BCUT2D eigenvalue weighted by atomic mass is 32.2. The second-order valence-electron chi connectivity index (χ2n) is 4.19. The summed E-state index contributed by atoms with van der Waals surface area (Å²) in [4.78, 5) is 11.0. The molecule has 0 spiro atoms. The fourth-order valence-electron chi connectivity index (χ4n) is 1.71. The van der Waals surface area contributed by atoms with Crippen molar-refractivity contribution in [2.24, 2.45) is 0 Å². The number of rotatable bonds is 7. The summed E-state index contributed by atoms with van der Waals surface area (Å²) in [6.07, 6.45) is 2.72. The maximum atomic E-state index is 11.0. The fourth-order valence-corrected chi connectivity index (χ4v) is 2.82. The van der Waals surface area contributed by atoms with Crippen LogP contribution in [-0.4, -0.2) is 45.9 Å². The van der Waals surface area contributed by atoms with Gasteiger partial charge in [-0.1, -0.05) is 26.2 Å². The molecule has 1 aliphatic heterocycles. The van der Waals surface area contributed by atoms with E-state index in [0.717, 1.165) is 5.75 Å². The minimum Gasteiger partial charge on any atom is -0.388 e. The third-order valence-electron chi connectivity index (χ3n) is 2.77. The van der Waals surface area contributed by atoms with Crippen LogP contribution in [0.4, 0.5) is 0 Å². The van der Waals surface area contributed by atoms with Crippen molar-refractivity contribution in [3.05, 3.63) is 0 Å². The number of unbranched alkanes of at least 4 members (excludes halogenated alkanes) is 3. The van der Waals surface area contributed by atoms with Crippen molar-refractivity contribution in [3.63, 3.8) is 0 Å². The molecule has 1 amide bonds. The molecule has 0 aromatic rings. The van der Waals surface area contributed by atoms with Gasteiger partial charge in [0.05, 0.1) is 6.04 Å². The molecule has 0 bridgehead atoms. The molecule has 0 unspecified atom stereocenters. The van der Waals surface area contributed by atoms with Gasteiger partial charge < -0.3 is 15.5 Å². The molecule has 0 saturated carbocycles. The van der Waals surface area contributed by atoms with Gasteiger partial charge in [-0.3, -0.25) is 4.79 Å². The van der Waals surface area contributed by atoms with E-state index in [1.165, 1.54) is 25.7 Å². The topological polar surface area (TPSA) is 69.6 Å². The Morgan fingerprint density at radius 1 is 1.31 bits per heavy atom. The fraction of sp³-hybridized carbons (Fsp3) is 0.909. The molecule has 0 radical (unpaired) electrons. The predicted molar refractivity (Wildman–Crippen MR) is 65.4 cm³/mol. The van der Waals surface area contributed by atoms with Crippen LogP contribution in [-0.2, 0) is 4.79 Å². The summed E-state index contributed by atoms with van der Waals surface area (Å²) < 4.78 is 0. The lowest BCUT2D eigenvalue weighted by atomic mass is 10.2. The number of hydrogen-bond donors (Lipinski definition) is 3. The summed E-state index contributed by atoms with van der Waals surface area (Å²) >= 11 is 1.72. The molecule has 0 aromatic heterocycles. The van der Waals surface area contributed by atoms with E-state index in [2.05, 4.69) is 12.2 Å². The molecule has 1 saturated heterocycles. The second kappa shape index (κ2) is 7.14. The van der Waals surface area contributed by atoms with Gasteiger partial charge in [0.1, 0.15) is 6.10 Å². The van der Waals surface area contributed by atoms with Gasteiger partial charge in [-0.15, -0.1) is 0 Å². The molecular formula is C11H21NO3S. The Hall–Kier alpha value is -0.260. The standard InChI is InChI=1S/C11H21NO3S/c1-2-3-4-5-6-16-7-8-9(13)10(14)11(15)12-8/h8-10,13-14H,2-7H2,1H3,(H,12,15)/t8-,9-,10-/m1/s1. The van der Waals surface area contributed by atoms with E-state index in [-0.39, 0.29) is 6.04 Å². The van der Waals surface area contributed by atoms with E-state index in [1.807, 2.05) is 0 Å². The molecule has 1 rings (SSSR count). The van der Waals surface area contributed by atoms with Gasteiger partial charge in [0.15, 0.2) is 6.10 Å². The highest BCUT2D eigenvalue weighted by Crippen LogP contribution is 2.16. The third-order valence-corrected chi connectivity index (χ3v) is 3.94. The SMILES string of the molecule is CCCCCCSC[C@H]1NC(=O)[C@H](O)[C@@H]1O. The maximum Gasteiger partial charge on any atom is 0.251 e. The van der Waals surface area contributed by atoms with E-state index in [0.29, 0.717) is 5.75 Å². The molecule has 16 heavy (non-hydrogen) atoms. The summed E-state index contributed by atoms with van der Waals surface area (Å²) in [6.45, 7) is 2.18. The average molecular weight is 247 g/mol. The molecule has 1 aliphatic rings. The highest BCUT2D eigenvalue weighted by molar-refractivity contribution is 7.99. The first kappa shape index (κ1) is 13.8. The molecule has 94 valence electrons. The molecule has 3 atom stereocenters. The smallest absolute Gasteiger partial charge is 0.251 e. The number of carbonyl (C=O) groups excluding carboxylic acids is 1. The van der Waals surface area contributed by atoms with Crippen molar-refractivity contribution in [3.8, 4) is 0 Å². The van der Waals surface area contributed by atoms with Crippen molar-refractivity contribution >= 4 is 17.7 Å². The predicted octanol–water partition coefficient (Wildman–Crippen LogP) is 0.520. The number of amides is 1. The zero-order valence-corrected chi connectivity index (χ0v) is 10.5. The first-order valence-corrected chi connectivity index (χ1v) is 7.06. The molecule has 0 aromatic carbocycles. The van der Waals surface area contributed by atoms with Gasteiger partial charge in [-0.05, 0) is 12.2 Å². The average Bonchev–Trinajstić information content (AvgIpc) is 2.51. The van der Waals surface area contributed by atoms with Crippen molar-refractivity contribution in [2.75, 3.05) is 11.5 Å². The van der Waals surface area contributed by atoms with Crippen LogP contribution < -0.4 is 5.32 Å². The van der Waals surface area contributed by atoms with E-state index < -0.39 is 18.1 Å². The van der Waals surface area contributed by atoms with Gasteiger partial charge in [0, 0.05) is 5.75 Å². The quantitative estimate of drug-likeness (QED) is 0.574. The molecule has 0 aliphatic carbocycles. The Kier molecular flexibility index (Phi) is 6.16. The Morgan fingerprint density at radius 3 is 2.62 bits per heavy atom. The van der Waals surface area contributed by atoms with E-state index >= 15 is 0 Å². The lowest BCUT2D eigenvalue weighted by Crippen LogP contribution is -2.35. The number of thioether (sulfide) groups is 1. The Labute approximate surface area is 101 Å². The first-order chi connectivity index (χ1) is 7.66. The zero-order chi connectivity index (χ0) is 12.0. The Morgan fingerprint density at radius 2 is 2.06 bits per heavy atom. The number of carbonyl (C=O) groups is 1. The first-order valence-electron chi connectivity index (χ1n) is 5.91. The maximum absolute atomic E-state index is 11.0. The lowest BCUT2D eigenvalue weighted by molar-refractivity contribution is -0.128. The zero-order valence-electron chi connectivity index (χ0n) is 9.69. The monoisotopic (exact) mass is 247 g/mol. The van der Waals surface area contributed by atoms with Crippen molar-refractivity contribution in [1.29, 1.82) is 0 Å². The summed E-state index contributed by atoms with van der Waals surface area (Å²) in [7, 11) is 0. The molecule has 1 fully saturated rings. The third kappa shape index (κ3) is 3.96. The molecule has 4 nitrogen and oxygen atoms in total. The van der Waals surface area contributed by atoms with Gasteiger partial charge >= 0.3 is 0 Å². The normalized spacial score (nSPS) is 29.4. The van der Waals surface area contributed by atoms with E-state index in [4.69, 9.17) is 0 Å². The Bertz CT molecular complexity index is 225. The molecule has 3 N–H and O–H groups in total. The largest absolute Gasteiger partial charge is 0.388 e. The van der Waals surface area contributed by atoms with Crippen LogP contribution in [0.2, 0.25) is 0 Å². The van der Waals surface area contributed by atoms with Gasteiger partial charge in [0.25, 0.3) is 5.91 Å². The number of hydrogen-bond acceptors (Lipinski definition) is 4. The Balaban J connectivity index is 2.07. The van der Waals surface area contributed by atoms with Crippen LogP contribution in [0.15, 0.2) is 0 Å². The van der Waals surface area contributed by atoms with Gasteiger partial charge in [-0.25, -0.2) is 0 Å². The van der Waals surface area contributed by atoms with Gasteiger partial charge in [0.2, 0.25) is 0 Å². The number of aliphatic hydroxyl groups excluding tert-OH is 2. The van der Waals surface area contributed by atoms with Crippen LogP contribution >= 0.6 is 11.8 Å². The summed E-state index contributed by atoms with van der Waals surface area (Å²) in [5.41, 5.74) is 0. The van der Waals surface area contributed by atoms with Crippen LogP contribution in [0, 0.1) is 0 Å². The van der Waals surface area contributed by atoms with Crippen LogP contribution in [0.3, 0.4) is 0 Å². The van der Waals surface area contributed by atoms with E-state index in [9.17, 15) is 15.0 Å². The molecule has 5 heteroatoms. The minimum absolute atomic E-state index is 0.293. The highest BCUT2D eigenvalue weighted by Gasteiger charge is 2.39. The van der Waals surface area contributed by atoms with Crippen LogP contribution in [0.1, 0.15) is 32.6 Å². The van der Waals surface area contributed by atoms with Crippen molar-refractivity contribution < 1.29 is 15.0 Å². The summed E-state index contributed by atoms with van der Waals surface area (Å²) in [5.74, 6) is 1.27. The minimum atomic E-state index is -1.24. The summed E-state index contributed by atoms with van der Waals surface area (Å²) in [6, 6.07) is -0.293. The molecular weight excluding hydrogens is 226 g/mol. The summed E-state index contributed by atoms with van der Waals surface area (Å²) in [5, 5.41) is 21.4. The van der Waals surface area contributed by atoms with Crippen molar-refractivity contribution in [2.45, 2.75) is 50.9 Å². The lowest BCUT2D eigenvalue weighted by Gasteiger charge is -2.14. The van der Waals surface area contributed by atoms with Crippen LogP contribution in [0.25, 0.3) is 0 Å². The second-order valence-corrected chi connectivity index (χ2v) is 5.34. The number of nitrogens with one attached hydrogen (secondary N) is 1. The van der Waals surface area contributed by atoms with E-state index in [1.54, 1.807) is 11.8 Å². The number of aliphatic hydroxyl groups is 2. The van der Waals surface area contributed by atoms with Crippen LogP contribution in [0.5, 0.6) is 0 Å². The van der Waals surface area contributed by atoms with Crippen molar-refractivity contribution in [1.82, 2.24) is 5.32 Å². The molecule has 1 heterocycles. The van der Waals surface area contributed by atoms with Gasteiger partial charge in [-0.2, -0.15) is 11.8 Å².